The van der Waals surface area contributed by atoms with Crippen LogP contribution in [0.5, 0.6) is 0 Å². The first kappa shape index (κ1) is 14.3. The highest BCUT2D eigenvalue weighted by atomic mass is 16.5. The summed E-state index contributed by atoms with van der Waals surface area (Å²) < 4.78 is 4.83. The van der Waals surface area contributed by atoms with Crippen LogP contribution in [-0.4, -0.2) is 51.8 Å². The van der Waals surface area contributed by atoms with E-state index in [0.717, 1.165) is 0 Å². The molecule has 2 heterocycles. The molecule has 0 aliphatic carbocycles. The molecule has 8 heteroatoms. The maximum Gasteiger partial charge on any atom is 0.317 e. The SMILES string of the molecule is Cc1nc(CCNC(=O)N2CCCC(C(=O)O)C2)no1. The molecule has 0 radical (unpaired) electrons. The molecule has 1 atom stereocenters. The number of aromatic nitrogens is 2. The number of aryl methyl sites for hydroxylation is 1. The number of aliphatic carboxylic acids is 1. The van der Waals surface area contributed by atoms with Crippen LogP contribution in [0.1, 0.15) is 24.6 Å². The number of urea groups is 1. The molecule has 0 bridgehead atoms. The van der Waals surface area contributed by atoms with Gasteiger partial charge in [-0.3, -0.25) is 4.79 Å². The Hall–Kier alpha value is -2.12. The van der Waals surface area contributed by atoms with E-state index in [0.29, 0.717) is 44.1 Å². The van der Waals surface area contributed by atoms with Crippen molar-refractivity contribution in [1.82, 2.24) is 20.4 Å². The van der Waals surface area contributed by atoms with Crippen molar-refractivity contribution in [2.24, 2.45) is 5.92 Å². The van der Waals surface area contributed by atoms with Gasteiger partial charge in [-0.1, -0.05) is 5.16 Å². The van der Waals surface area contributed by atoms with Crippen LogP contribution in [0.4, 0.5) is 4.79 Å². The van der Waals surface area contributed by atoms with Gasteiger partial charge in [0, 0.05) is 33.0 Å². The summed E-state index contributed by atoms with van der Waals surface area (Å²) in [7, 11) is 0. The predicted molar refractivity (Wildman–Crippen MR) is 68.1 cm³/mol. The molecule has 1 fully saturated rings. The summed E-state index contributed by atoms with van der Waals surface area (Å²) in [6.45, 7) is 2.96. The van der Waals surface area contributed by atoms with E-state index in [1.165, 1.54) is 0 Å². The number of rotatable bonds is 4. The average Bonchev–Trinajstić information content (AvgIpc) is 2.84. The molecule has 110 valence electrons. The summed E-state index contributed by atoms with van der Waals surface area (Å²) in [6.07, 6.45) is 1.83. The lowest BCUT2D eigenvalue weighted by atomic mass is 9.99. The summed E-state index contributed by atoms with van der Waals surface area (Å²) in [5.74, 6) is -0.268. The molecular formula is C12H18N4O4. The second-order valence-electron chi connectivity index (χ2n) is 4.83. The van der Waals surface area contributed by atoms with Crippen LogP contribution in [0.25, 0.3) is 0 Å². The van der Waals surface area contributed by atoms with Crippen molar-refractivity contribution in [3.05, 3.63) is 11.7 Å². The highest BCUT2D eigenvalue weighted by molar-refractivity contribution is 5.76. The fraction of sp³-hybridized carbons (Fsp3) is 0.667. The van der Waals surface area contributed by atoms with Gasteiger partial charge in [0.1, 0.15) is 0 Å². The lowest BCUT2D eigenvalue weighted by Gasteiger charge is -2.30. The van der Waals surface area contributed by atoms with Crippen molar-refractivity contribution in [3.8, 4) is 0 Å². The first-order valence-corrected chi connectivity index (χ1v) is 6.61. The van der Waals surface area contributed by atoms with Crippen molar-refractivity contribution < 1.29 is 19.2 Å². The summed E-state index contributed by atoms with van der Waals surface area (Å²) in [4.78, 5) is 28.4. The molecule has 1 unspecified atom stereocenters. The Bertz CT molecular complexity index is 488. The van der Waals surface area contributed by atoms with Gasteiger partial charge in [-0.05, 0) is 12.8 Å². The van der Waals surface area contributed by atoms with Crippen LogP contribution in [0.3, 0.4) is 0 Å². The van der Waals surface area contributed by atoms with Crippen LogP contribution < -0.4 is 5.32 Å². The van der Waals surface area contributed by atoms with E-state index in [-0.39, 0.29) is 12.6 Å². The number of nitrogens with zero attached hydrogens (tertiary/aromatic N) is 3. The average molecular weight is 282 g/mol. The zero-order valence-corrected chi connectivity index (χ0v) is 11.3. The maximum atomic E-state index is 11.9. The third-order valence-electron chi connectivity index (χ3n) is 3.25. The molecule has 0 saturated carbocycles. The Morgan fingerprint density at radius 2 is 2.35 bits per heavy atom. The fourth-order valence-electron chi connectivity index (χ4n) is 2.20. The van der Waals surface area contributed by atoms with E-state index in [1.807, 2.05) is 0 Å². The van der Waals surface area contributed by atoms with Gasteiger partial charge in [-0.25, -0.2) is 4.79 Å². The topological polar surface area (TPSA) is 109 Å². The zero-order valence-electron chi connectivity index (χ0n) is 11.3. The monoisotopic (exact) mass is 282 g/mol. The number of carboxylic acids is 1. The lowest BCUT2D eigenvalue weighted by Crippen LogP contribution is -2.47. The first-order valence-electron chi connectivity index (χ1n) is 6.61. The van der Waals surface area contributed by atoms with Crippen LogP contribution in [0, 0.1) is 12.8 Å². The summed E-state index contributed by atoms with van der Waals surface area (Å²) in [6, 6.07) is -0.240. The maximum absolute atomic E-state index is 11.9. The molecule has 1 saturated heterocycles. The standard InChI is InChI=1S/C12H18N4O4/c1-8-14-10(15-20-8)4-5-13-12(19)16-6-2-3-9(7-16)11(17)18/h9H,2-7H2,1H3,(H,13,19)(H,17,18). The molecule has 0 aromatic carbocycles. The van der Waals surface area contributed by atoms with Crippen molar-refractivity contribution in [3.63, 3.8) is 0 Å². The predicted octanol–water partition coefficient (Wildman–Crippen LogP) is 0.427. The normalized spacial score (nSPS) is 18.9. The molecule has 1 aliphatic rings. The van der Waals surface area contributed by atoms with Crippen molar-refractivity contribution in [2.45, 2.75) is 26.2 Å². The van der Waals surface area contributed by atoms with Gasteiger partial charge in [0.05, 0.1) is 5.92 Å². The second-order valence-corrected chi connectivity index (χ2v) is 4.83. The van der Waals surface area contributed by atoms with E-state index >= 15 is 0 Å². The summed E-state index contributed by atoms with van der Waals surface area (Å²) in [5.41, 5.74) is 0. The van der Waals surface area contributed by atoms with Gasteiger partial charge in [0.15, 0.2) is 5.82 Å². The van der Waals surface area contributed by atoms with Gasteiger partial charge in [0.25, 0.3) is 0 Å². The third kappa shape index (κ3) is 3.69. The van der Waals surface area contributed by atoms with Gasteiger partial charge in [-0.2, -0.15) is 4.98 Å². The Balaban J connectivity index is 1.75. The van der Waals surface area contributed by atoms with Crippen molar-refractivity contribution in [2.75, 3.05) is 19.6 Å². The van der Waals surface area contributed by atoms with Crippen LogP contribution in [0.2, 0.25) is 0 Å². The molecule has 0 spiro atoms. The number of nitrogens with one attached hydrogen (secondary N) is 1. The molecule has 20 heavy (non-hydrogen) atoms. The van der Waals surface area contributed by atoms with Gasteiger partial charge in [-0.15, -0.1) is 0 Å². The van der Waals surface area contributed by atoms with E-state index < -0.39 is 11.9 Å². The number of carboxylic acid groups (broad SMARTS) is 1. The number of carbonyl (C=O) groups excluding carboxylic acids is 1. The van der Waals surface area contributed by atoms with Crippen LogP contribution >= 0.6 is 0 Å². The highest BCUT2D eigenvalue weighted by Gasteiger charge is 2.27. The minimum atomic E-state index is -0.843. The van der Waals surface area contributed by atoms with Crippen LogP contribution in [-0.2, 0) is 11.2 Å². The zero-order chi connectivity index (χ0) is 14.5. The fourth-order valence-corrected chi connectivity index (χ4v) is 2.20. The number of carbonyl (C=O) groups is 2. The molecule has 2 N–H and O–H groups in total. The number of hydrogen-bond donors (Lipinski definition) is 2. The van der Waals surface area contributed by atoms with Crippen molar-refractivity contribution >= 4 is 12.0 Å². The Kier molecular flexibility index (Phi) is 4.54. The lowest BCUT2D eigenvalue weighted by molar-refractivity contribution is -0.143. The molecule has 2 rings (SSSR count). The molecule has 2 amide bonds. The Morgan fingerprint density at radius 3 is 3.00 bits per heavy atom. The molecule has 8 nitrogen and oxygen atoms in total. The first-order chi connectivity index (χ1) is 9.56. The Morgan fingerprint density at radius 1 is 1.55 bits per heavy atom. The number of likely N-dealkylation sites (tertiary alicyclic amines) is 1. The van der Waals surface area contributed by atoms with Gasteiger partial charge >= 0.3 is 12.0 Å². The number of amides is 2. The number of piperidine rings is 1. The summed E-state index contributed by atoms with van der Waals surface area (Å²) >= 11 is 0. The van der Waals surface area contributed by atoms with Gasteiger partial charge in [0.2, 0.25) is 5.89 Å². The van der Waals surface area contributed by atoms with Crippen molar-refractivity contribution in [1.29, 1.82) is 0 Å². The quantitative estimate of drug-likeness (QED) is 0.828. The minimum Gasteiger partial charge on any atom is -0.481 e. The van der Waals surface area contributed by atoms with Gasteiger partial charge < -0.3 is 19.8 Å². The highest BCUT2D eigenvalue weighted by Crippen LogP contribution is 2.16. The molecule has 1 aromatic rings. The van der Waals surface area contributed by atoms with E-state index in [4.69, 9.17) is 9.63 Å². The molecule has 1 aliphatic heterocycles. The van der Waals surface area contributed by atoms with Crippen LogP contribution in [0.15, 0.2) is 4.52 Å². The molecule has 1 aromatic heterocycles. The smallest absolute Gasteiger partial charge is 0.317 e. The van der Waals surface area contributed by atoms with E-state index in [9.17, 15) is 9.59 Å². The largest absolute Gasteiger partial charge is 0.481 e. The minimum absolute atomic E-state index is 0.240. The third-order valence-corrected chi connectivity index (χ3v) is 3.25. The Labute approximate surface area is 116 Å². The second kappa shape index (κ2) is 6.36. The van der Waals surface area contributed by atoms with E-state index in [1.54, 1.807) is 11.8 Å². The molecular weight excluding hydrogens is 264 g/mol. The van der Waals surface area contributed by atoms with E-state index in [2.05, 4.69) is 15.5 Å². The number of hydrogen-bond acceptors (Lipinski definition) is 5. The summed E-state index contributed by atoms with van der Waals surface area (Å²) in [5, 5.41) is 15.5.